The topological polar surface area (TPSA) is 67.4 Å². The van der Waals surface area contributed by atoms with E-state index in [0.717, 1.165) is 91.2 Å². The quantitative estimate of drug-likeness (QED) is 0.316. The van der Waals surface area contributed by atoms with Crippen LogP contribution in [0.5, 0.6) is 0 Å². The van der Waals surface area contributed by atoms with Crippen molar-refractivity contribution < 1.29 is 14.2 Å². The summed E-state index contributed by atoms with van der Waals surface area (Å²) in [5.41, 5.74) is 0.198. The van der Waals surface area contributed by atoms with Crippen molar-refractivity contribution in [2.24, 2.45) is 10.9 Å². The molecule has 2 N–H and O–H groups in total. The molecule has 0 aliphatic carbocycles. The summed E-state index contributed by atoms with van der Waals surface area (Å²) in [6.07, 6.45) is 3.35. The van der Waals surface area contributed by atoms with Gasteiger partial charge >= 0.3 is 0 Å². The highest BCUT2D eigenvalue weighted by atomic mass is 32.2. The van der Waals surface area contributed by atoms with Gasteiger partial charge in [-0.3, -0.25) is 9.89 Å². The van der Waals surface area contributed by atoms with Gasteiger partial charge in [-0.05, 0) is 31.9 Å². The van der Waals surface area contributed by atoms with Gasteiger partial charge in [0.2, 0.25) is 0 Å². The molecule has 0 aromatic carbocycles. The van der Waals surface area contributed by atoms with Gasteiger partial charge in [-0.15, -0.1) is 0 Å². The molecule has 3 rings (SSSR count). The second-order valence-electron chi connectivity index (χ2n) is 7.91. The van der Waals surface area contributed by atoms with E-state index in [1.165, 1.54) is 17.9 Å². The van der Waals surface area contributed by atoms with E-state index in [1.54, 1.807) is 0 Å². The molecule has 0 aromatic heterocycles. The lowest BCUT2D eigenvalue weighted by Crippen LogP contribution is -2.56. The molecule has 2 unspecified atom stereocenters. The number of ether oxygens (including phenoxy) is 3. The molecule has 0 aromatic rings. The van der Waals surface area contributed by atoms with Crippen LogP contribution in [0.25, 0.3) is 0 Å². The first kappa shape index (κ1) is 22.2. The van der Waals surface area contributed by atoms with Gasteiger partial charge < -0.3 is 24.8 Å². The fraction of sp³-hybridized carbons (Fsp3) is 0.950. The summed E-state index contributed by atoms with van der Waals surface area (Å²) in [6.45, 7) is 11.9. The van der Waals surface area contributed by atoms with Crippen molar-refractivity contribution in [3.05, 3.63) is 0 Å². The van der Waals surface area contributed by atoms with Crippen molar-refractivity contribution in [1.29, 1.82) is 0 Å². The van der Waals surface area contributed by atoms with Crippen molar-refractivity contribution >= 4 is 17.7 Å². The van der Waals surface area contributed by atoms with Crippen molar-refractivity contribution in [2.75, 3.05) is 83.9 Å². The SMILES string of the molecule is CCNC(=NCC1(N2CCOCC2)CCSC1)NCCCOCC1CCOC1. The Morgan fingerprint density at radius 1 is 1.25 bits per heavy atom. The van der Waals surface area contributed by atoms with E-state index < -0.39 is 0 Å². The first-order valence-corrected chi connectivity index (χ1v) is 12.1. The molecule has 2 atom stereocenters. The van der Waals surface area contributed by atoms with E-state index in [2.05, 4.69) is 34.2 Å². The molecular formula is C20H38N4O3S. The zero-order valence-electron chi connectivity index (χ0n) is 17.4. The van der Waals surface area contributed by atoms with Crippen LogP contribution in [0.4, 0.5) is 0 Å². The Bertz CT molecular complexity index is 462. The highest BCUT2D eigenvalue weighted by Gasteiger charge is 2.40. The van der Waals surface area contributed by atoms with E-state index in [-0.39, 0.29) is 5.54 Å². The monoisotopic (exact) mass is 414 g/mol. The number of hydrogen-bond donors (Lipinski definition) is 2. The Labute approximate surface area is 174 Å². The molecule has 3 aliphatic heterocycles. The lowest BCUT2D eigenvalue weighted by molar-refractivity contribution is -0.0104. The van der Waals surface area contributed by atoms with Gasteiger partial charge in [-0.2, -0.15) is 11.8 Å². The zero-order valence-corrected chi connectivity index (χ0v) is 18.2. The van der Waals surface area contributed by atoms with Crippen molar-refractivity contribution in [3.63, 3.8) is 0 Å². The summed E-state index contributed by atoms with van der Waals surface area (Å²) in [6, 6.07) is 0. The van der Waals surface area contributed by atoms with Crippen LogP contribution in [-0.4, -0.2) is 100 Å². The molecule has 28 heavy (non-hydrogen) atoms. The number of thioether (sulfide) groups is 1. The lowest BCUT2D eigenvalue weighted by Gasteiger charge is -2.42. The molecule has 8 heteroatoms. The third-order valence-electron chi connectivity index (χ3n) is 5.78. The standard InChI is InChI=1S/C20H38N4O3S/c1-2-21-19(22-6-3-9-26-14-18-4-10-27-15-18)23-16-20(5-13-28-17-20)24-7-11-25-12-8-24/h18H,2-17H2,1H3,(H2,21,22,23). The van der Waals surface area contributed by atoms with Crippen LogP contribution in [0.1, 0.15) is 26.2 Å². The minimum Gasteiger partial charge on any atom is -0.381 e. The molecule has 3 aliphatic rings. The first-order valence-electron chi connectivity index (χ1n) is 10.9. The second-order valence-corrected chi connectivity index (χ2v) is 9.01. The largest absolute Gasteiger partial charge is 0.381 e. The Morgan fingerprint density at radius 2 is 2.14 bits per heavy atom. The number of nitrogens with zero attached hydrogens (tertiary/aromatic N) is 2. The van der Waals surface area contributed by atoms with E-state index in [9.17, 15) is 0 Å². The average molecular weight is 415 g/mol. The van der Waals surface area contributed by atoms with Crippen LogP contribution < -0.4 is 10.6 Å². The number of hydrogen-bond acceptors (Lipinski definition) is 6. The molecule has 3 fully saturated rings. The molecule has 0 radical (unpaired) electrons. The van der Waals surface area contributed by atoms with E-state index in [0.29, 0.717) is 5.92 Å². The van der Waals surface area contributed by atoms with Gasteiger partial charge in [-0.25, -0.2) is 0 Å². The predicted octanol–water partition coefficient (Wildman–Crippen LogP) is 1.19. The van der Waals surface area contributed by atoms with E-state index in [1.807, 2.05) is 0 Å². The molecule has 3 saturated heterocycles. The van der Waals surface area contributed by atoms with Crippen LogP contribution in [-0.2, 0) is 14.2 Å². The summed E-state index contributed by atoms with van der Waals surface area (Å²) >= 11 is 2.06. The minimum atomic E-state index is 0.198. The molecular weight excluding hydrogens is 376 g/mol. The average Bonchev–Trinajstić information content (AvgIpc) is 3.42. The van der Waals surface area contributed by atoms with Crippen LogP contribution in [0.3, 0.4) is 0 Å². The van der Waals surface area contributed by atoms with E-state index in [4.69, 9.17) is 19.2 Å². The van der Waals surface area contributed by atoms with Crippen molar-refractivity contribution in [1.82, 2.24) is 15.5 Å². The Balaban J connectivity index is 1.40. The molecule has 0 spiro atoms. The summed E-state index contributed by atoms with van der Waals surface area (Å²) in [4.78, 5) is 7.58. The van der Waals surface area contributed by atoms with Crippen molar-refractivity contribution in [2.45, 2.75) is 31.7 Å². The fourth-order valence-electron chi connectivity index (χ4n) is 4.02. The first-order chi connectivity index (χ1) is 13.8. The van der Waals surface area contributed by atoms with Crippen LogP contribution >= 0.6 is 11.8 Å². The van der Waals surface area contributed by atoms with Gasteiger partial charge in [0.05, 0.1) is 38.5 Å². The summed E-state index contributed by atoms with van der Waals surface area (Å²) in [5.74, 6) is 3.93. The Kier molecular flexibility index (Phi) is 9.67. The van der Waals surface area contributed by atoms with Gasteiger partial charge in [-0.1, -0.05) is 0 Å². The van der Waals surface area contributed by atoms with Crippen LogP contribution in [0, 0.1) is 5.92 Å². The van der Waals surface area contributed by atoms with Crippen molar-refractivity contribution in [3.8, 4) is 0 Å². The number of nitrogens with one attached hydrogen (secondary N) is 2. The number of morpholine rings is 1. The predicted molar refractivity (Wildman–Crippen MR) is 115 cm³/mol. The molecule has 0 saturated carbocycles. The third-order valence-corrected chi connectivity index (χ3v) is 7.01. The van der Waals surface area contributed by atoms with E-state index >= 15 is 0 Å². The van der Waals surface area contributed by atoms with Gasteiger partial charge in [0.1, 0.15) is 0 Å². The maximum Gasteiger partial charge on any atom is 0.191 e. The minimum absolute atomic E-state index is 0.198. The molecule has 0 amide bonds. The zero-order chi connectivity index (χ0) is 19.5. The smallest absolute Gasteiger partial charge is 0.191 e. The number of guanidine groups is 1. The van der Waals surface area contributed by atoms with Gasteiger partial charge in [0.25, 0.3) is 0 Å². The third kappa shape index (κ3) is 6.76. The summed E-state index contributed by atoms with van der Waals surface area (Å²) in [5, 5.41) is 6.87. The molecule has 3 heterocycles. The molecule has 7 nitrogen and oxygen atoms in total. The van der Waals surface area contributed by atoms with Gasteiger partial charge in [0.15, 0.2) is 5.96 Å². The number of aliphatic imine (C=N–C) groups is 1. The highest BCUT2D eigenvalue weighted by molar-refractivity contribution is 7.99. The maximum atomic E-state index is 5.79. The summed E-state index contributed by atoms with van der Waals surface area (Å²) < 4.78 is 16.7. The Morgan fingerprint density at radius 3 is 2.86 bits per heavy atom. The van der Waals surface area contributed by atoms with Crippen LogP contribution in [0.2, 0.25) is 0 Å². The lowest BCUT2D eigenvalue weighted by atomic mass is 9.96. The fourth-order valence-corrected chi connectivity index (χ4v) is 5.49. The maximum absolute atomic E-state index is 5.79. The Hall–Kier alpha value is -0.540. The molecule has 0 bridgehead atoms. The van der Waals surface area contributed by atoms with Crippen LogP contribution in [0.15, 0.2) is 4.99 Å². The molecule has 162 valence electrons. The highest BCUT2D eigenvalue weighted by Crippen LogP contribution is 2.34. The van der Waals surface area contributed by atoms with Gasteiger partial charge in [0, 0.05) is 51.1 Å². The normalized spacial score (nSPS) is 29.3. The second kappa shape index (κ2) is 12.2. The summed E-state index contributed by atoms with van der Waals surface area (Å²) in [7, 11) is 0. The number of rotatable bonds is 10.